The first-order valence-electron chi connectivity index (χ1n) is 18.6. The molecule has 0 aliphatic carbocycles. The van der Waals surface area contributed by atoms with Crippen molar-refractivity contribution >= 4 is 62.8 Å². The predicted molar refractivity (Wildman–Crippen MR) is 223 cm³/mol. The third-order valence-corrected chi connectivity index (χ3v) is 11.1. The number of phenolic OH excluding ortho intramolecular Hbond substituents is 1. The predicted octanol–water partition coefficient (Wildman–Crippen LogP) is 7.65. The van der Waals surface area contributed by atoms with Gasteiger partial charge in [-0.15, -0.1) is 11.8 Å². The van der Waals surface area contributed by atoms with Crippen molar-refractivity contribution in [2.45, 2.75) is 70.0 Å². The third-order valence-electron chi connectivity index (χ3n) is 9.74. The number of aliphatic hydroxyl groups excluding tert-OH is 1. The van der Waals surface area contributed by atoms with Gasteiger partial charge in [-0.2, -0.15) is 5.10 Å². The van der Waals surface area contributed by atoms with Crippen molar-refractivity contribution in [1.82, 2.24) is 19.2 Å². The zero-order valence-corrected chi connectivity index (χ0v) is 34.3. The molecule has 1 aliphatic heterocycles. The standard InChI is InChI=1S/C42H49ClN6O6S/c1-42(2,3)55-41(53)48(22-26(44)20-27(45-4)24-56-28-19-25-11-7-8-12-29(25)35(51)21-28)23-33-37(34-14-9-17-49(34)46-33)36-32(43)16-15-31-30(13-10-18-50)39(40(52)54-6)47(5)38(31)36/h7-8,11-12,15-16,19-21,50-51H,9-10,13-14,17-18,22-24,44H2,1-6H3/b26-20-,45-27?. The average molecular weight is 801 g/mol. The molecule has 0 atom stereocenters. The average Bonchev–Trinajstić information content (AvgIpc) is 3.83. The first kappa shape index (κ1) is 40.7. The highest BCUT2D eigenvalue weighted by atomic mass is 35.5. The van der Waals surface area contributed by atoms with Crippen LogP contribution in [0.4, 0.5) is 4.79 Å². The minimum atomic E-state index is -0.780. The second-order valence-electron chi connectivity index (χ2n) is 14.8. The summed E-state index contributed by atoms with van der Waals surface area (Å²) in [5.74, 6) is 0.206. The maximum absolute atomic E-state index is 13.9. The summed E-state index contributed by atoms with van der Waals surface area (Å²) in [5, 5.41) is 28.3. The molecule has 3 aromatic carbocycles. The SMILES string of the molecule is CN=C(/C=C(\N)CN(Cc1nn2c(c1-c1c(Cl)ccc3c(CCCO)c(C(=O)OC)n(C)c13)CCC2)C(=O)OC(C)(C)C)CSc1cc(O)c2ccccc2c1. The Morgan fingerprint density at radius 1 is 1.14 bits per heavy atom. The molecule has 0 saturated heterocycles. The number of hydrogen-bond donors (Lipinski definition) is 3. The summed E-state index contributed by atoms with van der Waals surface area (Å²) < 4.78 is 14.9. The third kappa shape index (κ3) is 8.54. The molecule has 0 spiro atoms. The zero-order chi connectivity index (χ0) is 40.3. The van der Waals surface area contributed by atoms with E-state index < -0.39 is 17.7 Å². The molecule has 4 N–H and O–H groups in total. The van der Waals surface area contributed by atoms with Crippen LogP contribution in [0.1, 0.15) is 61.1 Å². The number of carbonyl (C=O) groups is 2. The van der Waals surface area contributed by atoms with E-state index in [1.165, 1.54) is 23.8 Å². The molecule has 5 aromatic rings. The van der Waals surface area contributed by atoms with Crippen LogP contribution in [0.2, 0.25) is 5.02 Å². The molecule has 0 fully saturated rings. The highest BCUT2D eigenvalue weighted by Crippen LogP contribution is 2.44. The van der Waals surface area contributed by atoms with Gasteiger partial charge in [0.15, 0.2) is 0 Å². The largest absolute Gasteiger partial charge is 0.507 e. The Bertz CT molecular complexity index is 2360. The Balaban J connectivity index is 1.37. The van der Waals surface area contributed by atoms with Crippen LogP contribution < -0.4 is 5.73 Å². The molecule has 0 radical (unpaired) electrons. The van der Waals surface area contributed by atoms with E-state index in [1.54, 1.807) is 19.2 Å². The number of esters is 1. The molecule has 1 amide bonds. The lowest BCUT2D eigenvalue weighted by atomic mass is 9.97. The second kappa shape index (κ2) is 17.0. The van der Waals surface area contributed by atoms with E-state index in [9.17, 15) is 19.8 Å². The number of allylic oxidation sites excluding steroid dienone is 1. The van der Waals surface area contributed by atoms with Gasteiger partial charge in [0.2, 0.25) is 0 Å². The molecule has 12 nitrogen and oxygen atoms in total. The van der Waals surface area contributed by atoms with Crippen molar-refractivity contribution < 1.29 is 29.3 Å². The molecule has 1 aliphatic rings. The number of halogens is 1. The van der Waals surface area contributed by atoms with Crippen molar-refractivity contribution in [1.29, 1.82) is 0 Å². The van der Waals surface area contributed by atoms with Crippen LogP contribution in [0, 0.1) is 0 Å². The number of amides is 1. The normalized spacial score (nSPS) is 13.4. The zero-order valence-electron chi connectivity index (χ0n) is 32.7. The lowest BCUT2D eigenvalue weighted by Gasteiger charge is -2.27. The maximum Gasteiger partial charge on any atom is 0.410 e. The number of aromatic nitrogens is 3. The van der Waals surface area contributed by atoms with Gasteiger partial charge in [-0.25, -0.2) is 9.59 Å². The fourth-order valence-corrected chi connectivity index (χ4v) is 8.52. The summed E-state index contributed by atoms with van der Waals surface area (Å²) >= 11 is 8.63. The number of benzene rings is 3. The first-order valence-corrected chi connectivity index (χ1v) is 19.9. The molecular weight excluding hydrogens is 752 g/mol. The van der Waals surface area contributed by atoms with Crippen LogP contribution in [-0.4, -0.2) is 85.9 Å². The number of rotatable bonds is 13. The number of methoxy groups -OCH3 is 1. The van der Waals surface area contributed by atoms with Gasteiger partial charge in [0.1, 0.15) is 17.0 Å². The van der Waals surface area contributed by atoms with E-state index in [0.29, 0.717) is 58.5 Å². The molecule has 0 bridgehead atoms. The summed E-state index contributed by atoms with van der Waals surface area (Å²) in [4.78, 5) is 34.0. The van der Waals surface area contributed by atoms with Crippen LogP contribution in [-0.2, 0) is 42.5 Å². The van der Waals surface area contributed by atoms with Gasteiger partial charge in [-0.05, 0) is 81.7 Å². The Hall–Kier alpha value is -4.98. The highest BCUT2D eigenvalue weighted by molar-refractivity contribution is 8.00. The smallest absolute Gasteiger partial charge is 0.410 e. The fraction of sp³-hybridized carbons (Fsp3) is 0.381. The molecule has 6 rings (SSSR count). The quantitative estimate of drug-likeness (QED) is 0.0618. The molecule has 14 heteroatoms. The number of aryl methyl sites for hydroxylation is 3. The maximum atomic E-state index is 13.9. The van der Waals surface area contributed by atoms with E-state index in [1.807, 2.05) is 79.5 Å². The minimum absolute atomic E-state index is 0.0247. The Labute approximate surface area is 335 Å². The van der Waals surface area contributed by atoms with E-state index >= 15 is 0 Å². The number of carbonyl (C=O) groups excluding carboxylic acids is 2. The van der Waals surface area contributed by atoms with Crippen LogP contribution in [0.5, 0.6) is 5.75 Å². The van der Waals surface area contributed by atoms with Gasteiger partial charge < -0.3 is 30.0 Å². The number of thioether (sulfide) groups is 1. The Morgan fingerprint density at radius 3 is 2.62 bits per heavy atom. The van der Waals surface area contributed by atoms with Crippen molar-refractivity contribution in [3.63, 3.8) is 0 Å². The first-order chi connectivity index (χ1) is 26.7. The molecule has 0 saturated carbocycles. The van der Waals surface area contributed by atoms with Crippen molar-refractivity contribution in [3.05, 3.63) is 88.0 Å². The van der Waals surface area contributed by atoms with Gasteiger partial charge >= 0.3 is 12.1 Å². The summed E-state index contributed by atoms with van der Waals surface area (Å²) in [6.45, 7) is 6.19. The monoisotopic (exact) mass is 800 g/mol. The molecule has 0 unspecified atom stereocenters. The highest BCUT2D eigenvalue weighted by Gasteiger charge is 2.32. The van der Waals surface area contributed by atoms with Crippen LogP contribution in [0.15, 0.2) is 70.2 Å². The number of aliphatic imine (C=N–C) groups is 1. The van der Waals surface area contributed by atoms with E-state index in [4.69, 9.17) is 31.9 Å². The number of nitrogens with zero attached hydrogens (tertiary/aromatic N) is 5. The number of hydrogen-bond acceptors (Lipinski definition) is 10. The molecule has 2 aromatic heterocycles. The molecular formula is C42H49ClN6O6S. The molecule has 296 valence electrons. The fourth-order valence-electron chi connectivity index (χ4n) is 7.34. The molecule has 56 heavy (non-hydrogen) atoms. The number of ether oxygens (including phenoxy) is 2. The number of aliphatic hydroxyl groups is 1. The number of phenols is 1. The Morgan fingerprint density at radius 2 is 1.91 bits per heavy atom. The van der Waals surface area contributed by atoms with Gasteiger partial charge in [0.25, 0.3) is 0 Å². The second-order valence-corrected chi connectivity index (χ2v) is 16.3. The van der Waals surface area contributed by atoms with Gasteiger partial charge in [0, 0.05) is 76.9 Å². The van der Waals surface area contributed by atoms with Crippen molar-refractivity contribution in [2.24, 2.45) is 17.8 Å². The van der Waals surface area contributed by atoms with Crippen molar-refractivity contribution in [2.75, 3.05) is 33.1 Å². The lowest BCUT2D eigenvalue weighted by Crippen LogP contribution is -2.39. The summed E-state index contributed by atoms with van der Waals surface area (Å²) in [6.07, 6.45) is 3.77. The number of nitrogens with two attached hydrogens (primary N) is 1. The lowest BCUT2D eigenvalue weighted by molar-refractivity contribution is 0.0248. The summed E-state index contributed by atoms with van der Waals surface area (Å²) in [5.41, 5.74) is 12.0. The number of fused-ring (bicyclic) bond motifs is 3. The van der Waals surface area contributed by atoms with E-state index in [0.717, 1.165) is 56.2 Å². The van der Waals surface area contributed by atoms with Gasteiger partial charge in [-0.3, -0.25) is 14.6 Å². The van der Waals surface area contributed by atoms with E-state index in [-0.39, 0.29) is 25.4 Å². The van der Waals surface area contributed by atoms with Crippen molar-refractivity contribution in [3.8, 4) is 16.9 Å². The van der Waals surface area contributed by atoms with Gasteiger partial charge in [0.05, 0.1) is 36.4 Å². The summed E-state index contributed by atoms with van der Waals surface area (Å²) in [6, 6.07) is 15.2. The van der Waals surface area contributed by atoms with E-state index in [2.05, 4.69) is 4.99 Å². The summed E-state index contributed by atoms with van der Waals surface area (Å²) in [7, 11) is 4.85. The minimum Gasteiger partial charge on any atom is -0.507 e. The molecule has 3 heterocycles. The number of aromatic hydroxyl groups is 1. The topological polar surface area (TPSA) is 157 Å². The van der Waals surface area contributed by atoms with Crippen LogP contribution in [0.3, 0.4) is 0 Å². The van der Waals surface area contributed by atoms with Crippen LogP contribution >= 0.6 is 23.4 Å². The Kier molecular flexibility index (Phi) is 12.4. The van der Waals surface area contributed by atoms with Gasteiger partial charge in [-0.1, -0.05) is 41.9 Å². The van der Waals surface area contributed by atoms with Crippen LogP contribution in [0.25, 0.3) is 32.8 Å².